The van der Waals surface area contributed by atoms with Crippen molar-refractivity contribution >= 4 is 29.3 Å². The first-order valence-electron chi connectivity index (χ1n) is 8.47. The van der Waals surface area contributed by atoms with Crippen LogP contribution in [0.15, 0.2) is 29.3 Å². The fourth-order valence-corrected chi connectivity index (χ4v) is 3.95. The van der Waals surface area contributed by atoms with E-state index in [0.29, 0.717) is 16.9 Å². The summed E-state index contributed by atoms with van der Waals surface area (Å²) in [7, 11) is 1.75. The van der Waals surface area contributed by atoms with Crippen molar-refractivity contribution in [3.8, 4) is 12.3 Å². The molecule has 5 nitrogen and oxygen atoms in total. The first-order chi connectivity index (χ1) is 12.0. The molecule has 1 aromatic carbocycles. The van der Waals surface area contributed by atoms with Crippen LogP contribution in [0.3, 0.4) is 0 Å². The van der Waals surface area contributed by atoms with Crippen LogP contribution in [-0.4, -0.2) is 54.5 Å². The van der Waals surface area contributed by atoms with Gasteiger partial charge in [0.2, 0.25) is 5.91 Å². The summed E-state index contributed by atoms with van der Waals surface area (Å²) in [5, 5.41) is 6.60. The molecule has 25 heavy (non-hydrogen) atoms. The number of nitrogens with zero attached hydrogens (tertiary/aromatic N) is 2. The van der Waals surface area contributed by atoms with Crippen molar-refractivity contribution in [3.63, 3.8) is 0 Å². The quantitative estimate of drug-likeness (QED) is 0.492. The van der Waals surface area contributed by atoms with Gasteiger partial charge in [-0.3, -0.25) is 9.79 Å². The Balaban J connectivity index is 1.87. The van der Waals surface area contributed by atoms with Gasteiger partial charge in [-0.2, -0.15) is 11.8 Å². The molecule has 6 heteroatoms. The number of terminal acetylenes is 1. The Kier molecular flexibility index (Phi) is 7.20. The largest absolute Gasteiger partial charge is 0.347 e. The Hall–Kier alpha value is -2.13. The minimum atomic E-state index is -0.123. The maximum absolute atomic E-state index is 12.2. The Morgan fingerprint density at radius 1 is 1.52 bits per heavy atom. The van der Waals surface area contributed by atoms with Gasteiger partial charge in [0.15, 0.2) is 5.96 Å². The highest BCUT2D eigenvalue weighted by molar-refractivity contribution is 8.00. The Morgan fingerprint density at radius 2 is 2.32 bits per heavy atom. The van der Waals surface area contributed by atoms with E-state index in [2.05, 4.69) is 40.3 Å². The normalized spacial score (nSPS) is 18.0. The van der Waals surface area contributed by atoms with Gasteiger partial charge in [-0.25, -0.2) is 0 Å². The molecular formula is C19H26N4OS. The Morgan fingerprint density at radius 3 is 3.00 bits per heavy atom. The first-order valence-corrected chi connectivity index (χ1v) is 9.52. The number of rotatable bonds is 4. The van der Waals surface area contributed by atoms with Gasteiger partial charge in [-0.1, -0.05) is 25.8 Å². The van der Waals surface area contributed by atoms with Gasteiger partial charge in [-0.15, -0.1) is 6.42 Å². The number of anilines is 1. The van der Waals surface area contributed by atoms with Crippen LogP contribution in [0.2, 0.25) is 0 Å². The SMILES string of the molecule is C#Cc1cccc(NC(=O)CNC(=NC)N2CCSC(C(C)C)C2)c1. The zero-order chi connectivity index (χ0) is 18.2. The predicted molar refractivity (Wildman–Crippen MR) is 107 cm³/mol. The van der Waals surface area contributed by atoms with Crippen molar-refractivity contribution in [1.29, 1.82) is 0 Å². The van der Waals surface area contributed by atoms with Gasteiger partial charge in [0.25, 0.3) is 0 Å². The van der Waals surface area contributed by atoms with E-state index in [1.807, 2.05) is 30.0 Å². The summed E-state index contributed by atoms with van der Waals surface area (Å²) >= 11 is 2.01. The second kappa shape index (κ2) is 9.38. The summed E-state index contributed by atoms with van der Waals surface area (Å²) < 4.78 is 0. The van der Waals surface area contributed by atoms with Crippen LogP contribution in [0.25, 0.3) is 0 Å². The summed E-state index contributed by atoms with van der Waals surface area (Å²) in [4.78, 5) is 18.7. The molecule has 1 aliphatic heterocycles. The third-order valence-electron chi connectivity index (χ3n) is 4.07. The highest BCUT2D eigenvalue weighted by Crippen LogP contribution is 2.24. The smallest absolute Gasteiger partial charge is 0.243 e. The molecule has 1 fully saturated rings. The predicted octanol–water partition coefficient (Wildman–Crippen LogP) is 2.26. The topological polar surface area (TPSA) is 56.7 Å². The molecule has 0 spiro atoms. The molecule has 1 saturated heterocycles. The number of carbonyl (C=O) groups excluding carboxylic acids is 1. The van der Waals surface area contributed by atoms with Gasteiger partial charge in [0.05, 0.1) is 6.54 Å². The molecule has 0 bridgehead atoms. The van der Waals surface area contributed by atoms with Gasteiger partial charge >= 0.3 is 0 Å². The number of thioether (sulfide) groups is 1. The lowest BCUT2D eigenvalue weighted by molar-refractivity contribution is -0.115. The van der Waals surface area contributed by atoms with Gasteiger partial charge in [-0.05, 0) is 24.1 Å². The molecule has 1 atom stereocenters. The number of hydrogen-bond acceptors (Lipinski definition) is 3. The van der Waals surface area contributed by atoms with Crippen LogP contribution in [-0.2, 0) is 4.79 Å². The summed E-state index contributed by atoms with van der Waals surface area (Å²) in [6, 6.07) is 7.26. The molecule has 1 unspecified atom stereocenters. The van der Waals surface area contributed by atoms with E-state index in [1.165, 1.54) is 0 Å². The van der Waals surface area contributed by atoms with Crippen LogP contribution >= 0.6 is 11.8 Å². The number of nitrogens with one attached hydrogen (secondary N) is 2. The molecule has 2 N–H and O–H groups in total. The van der Waals surface area contributed by atoms with E-state index in [1.54, 1.807) is 13.1 Å². The third kappa shape index (κ3) is 5.71. The molecule has 0 saturated carbocycles. The minimum absolute atomic E-state index is 0.123. The second-order valence-electron chi connectivity index (χ2n) is 6.27. The maximum Gasteiger partial charge on any atom is 0.243 e. The van der Waals surface area contributed by atoms with Crippen LogP contribution in [0.4, 0.5) is 5.69 Å². The average molecular weight is 359 g/mol. The zero-order valence-corrected chi connectivity index (χ0v) is 15.9. The van der Waals surface area contributed by atoms with Gasteiger partial charge in [0.1, 0.15) is 0 Å². The number of aliphatic imine (C=N–C) groups is 1. The maximum atomic E-state index is 12.2. The molecule has 0 aliphatic carbocycles. The standard InChI is InChI=1S/C19H26N4OS/c1-5-15-7-6-8-16(11-15)22-18(24)12-21-19(20-4)23-9-10-25-17(13-23)14(2)3/h1,6-8,11,14,17H,9-10,12-13H2,2-4H3,(H,20,21)(H,22,24). The van der Waals surface area contributed by atoms with Crippen LogP contribution in [0.1, 0.15) is 19.4 Å². The number of guanidine groups is 1. The number of hydrogen-bond donors (Lipinski definition) is 2. The number of benzene rings is 1. The number of carbonyl (C=O) groups is 1. The van der Waals surface area contributed by atoms with Crippen LogP contribution in [0.5, 0.6) is 0 Å². The lowest BCUT2D eigenvalue weighted by Gasteiger charge is -2.36. The van der Waals surface area contributed by atoms with E-state index >= 15 is 0 Å². The van der Waals surface area contributed by atoms with E-state index in [9.17, 15) is 4.79 Å². The molecule has 134 valence electrons. The van der Waals surface area contributed by atoms with E-state index in [4.69, 9.17) is 6.42 Å². The Labute approximate surface area is 154 Å². The molecule has 1 aliphatic rings. The lowest BCUT2D eigenvalue weighted by Crippen LogP contribution is -2.50. The molecule has 2 rings (SSSR count). The lowest BCUT2D eigenvalue weighted by atomic mass is 10.1. The molecule has 1 heterocycles. The van der Waals surface area contributed by atoms with Crippen molar-refractivity contribution in [2.24, 2.45) is 10.9 Å². The zero-order valence-electron chi connectivity index (χ0n) is 15.1. The molecule has 0 radical (unpaired) electrons. The van der Waals surface area contributed by atoms with E-state index < -0.39 is 0 Å². The van der Waals surface area contributed by atoms with E-state index in [0.717, 1.165) is 30.4 Å². The summed E-state index contributed by atoms with van der Waals surface area (Å²) in [5.74, 6) is 4.92. The van der Waals surface area contributed by atoms with E-state index in [-0.39, 0.29) is 12.5 Å². The highest BCUT2D eigenvalue weighted by Gasteiger charge is 2.25. The minimum Gasteiger partial charge on any atom is -0.347 e. The van der Waals surface area contributed by atoms with Crippen molar-refractivity contribution in [1.82, 2.24) is 10.2 Å². The van der Waals surface area contributed by atoms with Gasteiger partial charge < -0.3 is 15.5 Å². The van der Waals surface area contributed by atoms with Crippen molar-refractivity contribution in [3.05, 3.63) is 29.8 Å². The van der Waals surface area contributed by atoms with Gasteiger partial charge in [0, 0.05) is 42.4 Å². The first kappa shape index (κ1) is 19.2. The average Bonchev–Trinajstić information content (AvgIpc) is 2.62. The van der Waals surface area contributed by atoms with Crippen LogP contribution in [0, 0.1) is 18.3 Å². The van der Waals surface area contributed by atoms with Crippen LogP contribution < -0.4 is 10.6 Å². The summed E-state index contributed by atoms with van der Waals surface area (Å²) in [5.41, 5.74) is 1.44. The molecule has 0 aromatic heterocycles. The highest BCUT2D eigenvalue weighted by atomic mass is 32.2. The fraction of sp³-hybridized carbons (Fsp3) is 0.474. The second-order valence-corrected chi connectivity index (χ2v) is 7.62. The molecular weight excluding hydrogens is 332 g/mol. The van der Waals surface area contributed by atoms with Crippen molar-refractivity contribution in [2.75, 3.05) is 37.8 Å². The molecule has 1 aromatic rings. The molecule has 1 amide bonds. The summed E-state index contributed by atoms with van der Waals surface area (Å²) in [6.07, 6.45) is 5.38. The monoisotopic (exact) mass is 358 g/mol. The third-order valence-corrected chi connectivity index (χ3v) is 5.61. The fourth-order valence-electron chi connectivity index (χ4n) is 2.65. The number of amides is 1. The van der Waals surface area contributed by atoms with Crippen molar-refractivity contribution < 1.29 is 4.79 Å². The summed E-state index contributed by atoms with van der Waals surface area (Å²) in [6.45, 7) is 6.56. The van der Waals surface area contributed by atoms with Crippen molar-refractivity contribution in [2.45, 2.75) is 19.1 Å². The Bertz CT molecular complexity index is 666.